The Balaban J connectivity index is 1.44. The Morgan fingerprint density at radius 1 is 1.03 bits per heavy atom. The molecule has 3 amide bonds. The van der Waals surface area contributed by atoms with Gasteiger partial charge in [0, 0.05) is 31.5 Å². The van der Waals surface area contributed by atoms with E-state index >= 15 is 0 Å². The number of halogens is 1. The number of amides is 3. The van der Waals surface area contributed by atoms with Crippen molar-refractivity contribution >= 4 is 40.7 Å². The van der Waals surface area contributed by atoms with Crippen LogP contribution in [0.25, 0.3) is 6.08 Å². The minimum absolute atomic E-state index is 0.0285. The number of imide groups is 1. The number of nitrogens with one attached hydrogen (secondary N) is 1. The molecule has 2 aromatic rings. The topological polar surface area (TPSA) is 83.6 Å². The minimum atomic E-state index is -0.454. The first-order valence-electron chi connectivity index (χ1n) is 10.3. The largest absolute Gasteiger partial charge is 0.354 e. The molecule has 0 atom stereocenters. The summed E-state index contributed by atoms with van der Waals surface area (Å²) in [4.78, 5) is 50.2. The van der Waals surface area contributed by atoms with Crippen LogP contribution in [-0.4, -0.2) is 40.8 Å². The van der Waals surface area contributed by atoms with E-state index < -0.39 is 11.1 Å². The molecule has 0 aliphatic carbocycles. The molecule has 0 radical (unpaired) electrons. The Kier molecular flexibility index (Phi) is 7.94. The maximum absolute atomic E-state index is 13.0. The molecule has 1 aliphatic rings. The molecule has 0 saturated carbocycles. The van der Waals surface area contributed by atoms with E-state index in [2.05, 4.69) is 5.32 Å². The van der Waals surface area contributed by atoms with Crippen LogP contribution in [0, 0.1) is 5.82 Å². The van der Waals surface area contributed by atoms with Crippen LogP contribution in [0.3, 0.4) is 0 Å². The first-order chi connectivity index (χ1) is 15.4. The smallest absolute Gasteiger partial charge is 0.293 e. The highest BCUT2D eigenvalue weighted by Crippen LogP contribution is 2.31. The van der Waals surface area contributed by atoms with Crippen molar-refractivity contribution in [1.29, 1.82) is 0 Å². The summed E-state index contributed by atoms with van der Waals surface area (Å²) in [5.74, 6) is -1.27. The zero-order valence-electron chi connectivity index (χ0n) is 17.6. The zero-order chi connectivity index (χ0) is 23.1. The Hall–Kier alpha value is -3.26. The van der Waals surface area contributed by atoms with Crippen LogP contribution in [0.2, 0.25) is 0 Å². The van der Waals surface area contributed by atoms with Crippen LogP contribution in [0.5, 0.6) is 0 Å². The third-order valence-corrected chi connectivity index (χ3v) is 5.87. The number of thioether (sulfide) groups is 1. The van der Waals surface area contributed by atoms with E-state index in [1.807, 2.05) is 19.1 Å². The molecule has 1 saturated heterocycles. The lowest BCUT2D eigenvalue weighted by molar-refractivity contribution is -0.124. The van der Waals surface area contributed by atoms with Gasteiger partial charge in [0.05, 0.1) is 4.91 Å². The number of hydrogen-bond acceptors (Lipinski definition) is 5. The zero-order valence-corrected chi connectivity index (χ0v) is 18.4. The minimum Gasteiger partial charge on any atom is -0.354 e. The van der Waals surface area contributed by atoms with Crippen LogP contribution in [0.15, 0.2) is 53.4 Å². The highest BCUT2D eigenvalue weighted by Gasteiger charge is 2.34. The van der Waals surface area contributed by atoms with Crippen LogP contribution >= 0.6 is 11.8 Å². The third kappa shape index (κ3) is 6.13. The molecule has 6 nitrogen and oxygen atoms in total. The highest BCUT2D eigenvalue weighted by atomic mass is 32.2. The number of carbonyl (C=O) groups excluding carboxylic acids is 4. The highest BCUT2D eigenvalue weighted by molar-refractivity contribution is 8.18. The molecular formula is C24H23FN2O4S. The van der Waals surface area contributed by atoms with Crippen LogP contribution in [0.1, 0.15) is 41.3 Å². The number of nitrogens with zero attached hydrogens (tertiary/aromatic N) is 1. The van der Waals surface area contributed by atoms with Gasteiger partial charge in [0.15, 0.2) is 5.78 Å². The molecule has 32 heavy (non-hydrogen) atoms. The Labute approximate surface area is 189 Å². The van der Waals surface area contributed by atoms with Crippen molar-refractivity contribution < 1.29 is 23.6 Å². The maximum Gasteiger partial charge on any atom is 0.293 e. The number of rotatable bonds is 9. The molecule has 1 heterocycles. The summed E-state index contributed by atoms with van der Waals surface area (Å²) in [7, 11) is 0. The van der Waals surface area contributed by atoms with Crippen LogP contribution in [0.4, 0.5) is 9.18 Å². The van der Waals surface area contributed by atoms with Gasteiger partial charge in [0.1, 0.15) is 5.82 Å². The van der Waals surface area contributed by atoms with Gasteiger partial charge in [0.2, 0.25) is 5.91 Å². The number of ketones is 1. The van der Waals surface area contributed by atoms with Gasteiger partial charge in [0.25, 0.3) is 11.1 Å². The van der Waals surface area contributed by atoms with Crippen molar-refractivity contribution in [1.82, 2.24) is 10.2 Å². The molecule has 0 aromatic heterocycles. The van der Waals surface area contributed by atoms with Crippen molar-refractivity contribution in [3.05, 3.63) is 75.9 Å². The maximum atomic E-state index is 13.0. The molecular weight excluding hydrogens is 431 g/mol. The molecule has 8 heteroatoms. The SMILES string of the molecule is CCc1ccc(C(=O)CCC(=O)NCCN2C(=O)S/C(=C\c3ccc(F)cc3)C2=O)cc1. The van der Waals surface area contributed by atoms with E-state index in [0.717, 1.165) is 28.6 Å². The Bertz CT molecular complexity index is 1050. The predicted molar refractivity (Wildman–Crippen MR) is 121 cm³/mol. The van der Waals surface area contributed by atoms with Crippen LogP contribution in [-0.2, 0) is 16.0 Å². The fourth-order valence-corrected chi connectivity index (χ4v) is 3.96. The van der Waals surface area contributed by atoms with E-state index in [-0.39, 0.29) is 48.3 Å². The molecule has 3 rings (SSSR count). The van der Waals surface area contributed by atoms with Gasteiger partial charge in [-0.3, -0.25) is 24.1 Å². The summed E-state index contributed by atoms with van der Waals surface area (Å²) < 4.78 is 13.0. The lowest BCUT2D eigenvalue weighted by Crippen LogP contribution is -2.37. The van der Waals surface area contributed by atoms with Gasteiger partial charge in [-0.1, -0.05) is 43.3 Å². The summed E-state index contributed by atoms with van der Waals surface area (Å²) in [6.45, 7) is 2.16. The van der Waals surface area contributed by atoms with E-state index in [0.29, 0.717) is 11.1 Å². The molecule has 1 aliphatic heterocycles. The Morgan fingerprint density at radius 2 is 1.72 bits per heavy atom. The second kappa shape index (κ2) is 10.9. The standard InChI is InChI=1S/C24H23FN2O4S/c1-2-16-3-7-18(8-4-16)20(28)11-12-22(29)26-13-14-27-23(30)21(32-24(27)31)15-17-5-9-19(25)10-6-17/h3-10,15H,2,11-14H2,1H3,(H,26,29)/b21-15-. The van der Waals surface area contributed by atoms with Gasteiger partial charge in [-0.2, -0.15) is 0 Å². The predicted octanol–water partition coefficient (Wildman–Crippen LogP) is 4.20. The van der Waals surface area contributed by atoms with Gasteiger partial charge in [-0.15, -0.1) is 0 Å². The molecule has 0 bridgehead atoms. The van der Waals surface area contributed by atoms with Crippen molar-refractivity contribution in [3.63, 3.8) is 0 Å². The molecule has 0 spiro atoms. The van der Waals surface area contributed by atoms with Gasteiger partial charge < -0.3 is 5.32 Å². The average Bonchev–Trinajstić information content (AvgIpc) is 3.06. The second-order valence-electron chi connectivity index (χ2n) is 7.21. The summed E-state index contributed by atoms with van der Waals surface area (Å²) in [6.07, 6.45) is 2.53. The van der Waals surface area contributed by atoms with Gasteiger partial charge in [-0.25, -0.2) is 4.39 Å². The number of benzene rings is 2. The molecule has 1 N–H and O–H groups in total. The fraction of sp³-hybridized carbons (Fsp3) is 0.250. The molecule has 0 unspecified atom stereocenters. The normalized spacial score (nSPS) is 14.8. The van der Waals surface area contributed by atoms with Crippen molar-refractivity contribution in [2.24, 2.45) is 0 Å². The van der Waals surface area contributed by atoms with E-state index in [4.69, 9.17) is 0 Å². The molecule has 166 valence electrons. The lowest BCUT2D eigenvalue weighted by atomic mass is 10.0. The Morgan fingerprint density at radius 3 is 2.38 bits per heavy atom. The van der Waals surface area contributed by atoms with Gasteiger partial charge >= 0.3 is 0 Å². The number of hydrogen-bond donors (Lipinski definition) is 1. The summed E-state index contributed by atoms with van der Waals surface area (Å²) >= 11 is 0.801. The van der Waals surface area contributed by atoms with Crippen molar-refractivity contribution in [2.45, 2.75) is 26.2 Å². The third-order valence-electron chi connectivity index (χ3n) is 4.96. The summed E-state index contributed by atoms with van der Waals surface area (Å²) in [6, 6.07) is 12.9. The van der Waals surface area contributed by atoms with Crippen molar-refractivity contribution in [3.8, 4) is 0 Å². The fourth-order valence-electron chi connectivity index (χ4n) is 3.10. The van der Waals surface area contributed by atoms with E-state index in [1.165, 1.54) is 30.3 Å². The summed E-state index contributed by atoms with van der Waals surface area (Å²) in [5, 5.41) is 2.21. The van der Waals surface area contributed by atoms with Gasteiger partial charge in [-0.05, 0) is 47.5 Å². The number of carbonyl (C=O) groups is 4. The van der Waals surface area contributed by atoms with Crippen LogP contribution < -0.4 is 5.32 Å². The molecule has 1 fully saturated rings. The average molecular weight is 455 g/mol. The first-order valence-corrected chi connectivity index (χ1v) is 11.1. The molecule has 2 aromatic carbocycles. The van der Waals surface area contributed by atoms with E-state index in [1.54, 1.807) is 12.1 Å². The lowest BCUT2D eigenvalue weighted by Gasteiger charge is -2.13. The number of aryl methyl sites for hydroxylation is 1. The van der Waals surface area contributed by atoms with E-state index in [9.17, 15) is 23.6 Å². The monoisotopic (exact) mass is 454 g/mol. The summed E-state index contributed by atoms with van der Waals surface area (Å²) in [5.41, 5.74) is 2.32. The first kappa shape index (κ1) is 23.4. The van der Waals surface area contributed by atoms with Crippen molar-refractivity contribution in [2.75, 3.05) is 13.1 Å². The second-order valence-corrected chi connectivity index (χ2v) is 8.20. The number of Topliss-reactive ketones (excluding diaryl/α,β-unsaturated/α-hetero) is 1. The quantitative estimate of drug-likeness (QED) is 0.453.